The molecule has 0 saturated carbocycles. The van der Waals surface area contributed by atoms with Gasteiger partial charge >= 0.3 is 0 Å². The average Bonchev–Trinajstić information content (AvgIpc) is 2.53. The fraction of sp³-hybridized carbons (Fsp3) is 0.368. The van der Waals surface area contributed by atoms with Crippen LogP contribution in [0, 0.1) is 25.2 Å². The topological polar surface area (TPSA) is 97.9 Å². The predicted molar refractivity (Wildman–Crippen MR) is 94.8 cm³/mol. The summed E-state index contributed by atoms with van der Waals surface area (Å²) >= 11 is 0. The number of nitriles is 1. The number of methoxy groups -OCH3 is 1. The van der Waals surface area contributed by atoms with E-state index in [1.54, 1.807) is 7.11 Å². The summed E-state index contributed by atoms with van der Waals surface area (Å²) in [5.41, 5.74) is 18.5. The molecule has 1 aliphatic rings. The van der Waals surface area contributed by atoms with Gasteiger partial charge in [-0.15, -0.1) is 0 Å². The van der Waals surface area contributed by atoms with E-state index in [1.165, 1.54) is 0 Å². The van der Waals surface area contributed by atoms with Gasteiger partial charge in [0.15, 0.2) is 0 Å². The molecular weight excluding hydrogens is 300 g/mol. The summed E-state index contributed by atoms with van der Waals surface area (Å²) in [5, 5.41) is 9.69. The van der Waals surface area contributed by atoms with Crippen LogP contribution in [-0.2, 0) is 12.8 Å². The number of anilines is 1. The Morgan fingerprint density at radius 3 is 2.75 bits per heavy atom. The van der Waals surface area contributed by atoms with Crippen molar-refractivity contribution in [2.24, 2.45) is 5.73 Å². The average molecular weight is 322 g/mol. The maximum absolute atomic E-state index is 9.69. The van der Waals surface area contributed by atoms with Gasteiger partial charge in [0.25, 0.3) is 0 Å². The smallest absolute Gasteiger partial charge is 0.142 e. The van der Waals surface area contributed by atoms with Gasteiger partial charge in [-0.1, -0.05) is 6.07 Å². The standard InChI is InChI=1S/C19H22N4O/c1-10-6-11(2)18(24-3)14(7-10)17-13-8-12(21)4-5-16(13)23-19(22)15(17)9-20/h6-7,12H,4-5,8,21H2,1-3H3,(H2,22,23). The van der Waals surface area contributed by atoms with E-state index in [2.05, 4.69) is 17.1 Å². The van der Waals surface area contributed by atoms with Crippen LogP contribution in [0.4, 0.5) is 5.82 Å². The Balaban J connectivity index is 2.40. The van der Waals surface area contributed by atoms with Crippen molar-refractivity contribution < 1.29 is 4.74 Å². The summed E-state index contributed by atoms with van der Waals surface area (Å²) in [6, 6.07) is 6.42. The normalized spacial score (nSPS) is 16.4. The number of fused-ring (bicyclic) bond motifs is 1. The van der Waals surface area contributed by atoms with E-state index in [1.807, 2.05) is 19.9 Å². The lowest BCUT2D eigenvalue weighted by atomic mass is 9.83. The van der Waals surface area contributed by atoms with Crippen molar-refractivity contribution in [1.82, 2.24) is 4.98 Å². The van der Waals surface area contributed by atoms with Crippen molar-refractivity contribution in [3.8, 4) is 22.9 Å². The quantitative estimate of drug-likeness (QED) is 0.885. The first-order chi connectivity index (χ1) is 11.5. The Hall–Kier alpha value is -2.58. The third-order valence-corrected chi connectivity index (χ3v) is 4.63. The zero-order valence-electron chi connectivity index (χ0n) is 14.3. The highest BCUT2D eigenvalue weighted by Gasteiger charge is 2.27. The fourth-order valence-electron chi connectivity index (χ4n) is 3.63. The summed E-state index contributed by atoms with van der Waals surface area (Å²) in [6.07, 6.45) is 2.37. The molecule has 0 saturated heterocycles. The molecule has 0 amide bonds. The first kappa shape index (κ1) is 16.3. The minimum absolute atomic E-state index is 0.0742. The second-order valence-corrected chi connectivity index (χ2v) is 6.45. The van der Waals surface area contributed by atoms with Crippen LogP contribution in [0.1, 0.15) is 34.4 Å². The van der Waals surface area contributed by atoms with Crippen LogP contribution in [0.15, 0.2) is 12.1 Å². The Labute approximate surface area is 142 Å². The summed E-state index contributed by atoms with van der Waals surface area (Å²) in [6.45, 7) is 4.04. The van der Waals surface area contributed by atoms with Gasteiger partial charge in [-0.3, -0.25) is 0 Å². The third kappa shape index (κ3) is 2.59. The van der Waals surface area contributed by atoms with Gasteiger partial charge in [-0.25, -0.2) is 4.98 Å². The van der Waals surface area contributed by atoms with E-state index >= 15 is 0 Å². The number of benzene rings is 1. The molecule has 0 aliphatic heterocycles. The van der Waals surface area contributed by atoms with E-state index in [-0.39, 0.29) is 11.9 Å². The van der Waals surface area contributed by atoms with E-state index in [0.717, 1.165) is 52.1 Å². The SMILES string of the molecule is COc1c(C)cc(C)cc1-c1c(C#N)c(N)nc2c1CC(N)CC2. The molecule has 0 bridgehead atoms. The van der Waals surface area contributed by atoms with Crippen molar-refractivity contribution in [3.63, 3.8) is 0 Å². The van der Waals surface area contributed by atoms with E-state index in [9.17, 15) is 5.26 Å². The molecule has 0 fully saturated rings. The maximum atomic E-state index is 9.69. The summed E-state index contributed by atoms with van der Waals surface area (Å²) < 4.78 is 5.64. The van der Waals surface area contributed by atoms with E-state index in [4.69, 9.17) is 16.2 Å². The Kier molecular flexibility index (Phi) is 4.16. The van der Waals surface area contributed by atoms with Crippen LogP contribution in [0.3, 0.4) is 0 Å². The molecule has 1 unspecified atom stereocenters. The number of hydrogen-bond donors (Lipinski definition) is 2. The van der Waals surface area contributed by atoms with Crippen LogP contribution >= 0.6 is 0 Å². The highest BCUT2D eigenvalue weighted by atomic mass is 16.5. The van der Waals surface area contributed by atoms with Gasteiger partial charge in [0, 0.05) is 22.9 Å². The zero-order valence-corrected chi connectivity index (χ0v) is 14.3. The molecule has 0 radical (unpaired) electrons. The van der Waals surface area contributed by atoms with Crippen molar-refractivity contribution in [3.05, 3.63) is 40.1 Å². The highest BCUT2D eigenvalue weighted by Crippen LogP contribution is 2.41. The molecule has 24 heavy (non-hydrogen) atoms. The number of nitrogens with two attached hydrogens (primary N) is 2. The van der Waals surface area contributed by atoms with E-state index < -0.39 is 0 Å². The number of rotatable bonds is 2. The summed E-state index contributed by atoms with van der Waals surface area (Å²) in [7, 11) is 1.65. The second-order valence-electron chi connectivity index (χ2n) is 6.45. The van der Waals surface area contributed by atoms with Crippen molar-refractivity contribution in [2.45, 2.75) is 39.2 Å². The summed E-state index contributed by atoms with van der Waals surface area (Å²) in [5.74, 6) is 1.05. The van der Waals surface area contributed by atoms with Crippen molar-refractivity contribution in [2.75, 3.05) is 12.8 Å². The van der Waals surface area contributed by atoms with Crippen molar-refractivity contribution in [1.29, 1.82) is 5.26 Å². The lowest BCUT2D eigenvalue weighted by molar-refractivity contribution is 0.413. The molecule has 4 N–H and O–H groups in total. The van der Waals surface area contributed by atoms with Crippen LogP contribution in [0.5, 0.6) is 5.75 Å². The maximum Gasteiger partial charge on any atom is 0.142 e. The van der Waals surface area contributed by atoms with Gasteiger partial charge < -0.3 is 16.2 Å². The Morgan fingerprint density at radius 2 is 2.08 bits per heavy atom. The molecule has 1 aliphatic carbocycles. The number of nitrogens with zero attached hydrogens (tertiary/aromatic N) is 2. The molecule has 1 aromatic carbocycles. The largest absolute Gasteiger partial charge is 0.496 e. The molecule has 5 heteroatoms. The second kappa shape index (κ2) is 6.14. The number of aryl methyl sites for hydroxylation is 3. The molecule has 1 aromatic heterocycles. The van der Waals surface area contributed by atoms with Gasteiger partial charge in [-0.05, 0) is 55.9 Å². The number of nitrogen functional groups attached to an aromatic ring is 1. The van der Waals surface area contributed by atoms with Gasteiger partial charge in [0.05, 0.1) is 7.11 Å². The van der Waals surface area contributed by atoms with Gasteiger partial charge in [0.1, 0.15) is 23.2 Å². The molecule has 3 rings (SSSR count). The lowest BCUT2D eigenvalue weighted by Crippen LogP contribution is -2.29. The fourth-order valence-corrected chi connectivity index (χ4v) is 3.63. The van der Waals surface area contributed by atoms with Crippen LogP contribution in [-0.4, -0.2) is 18.1 Å². The molecule has 124 valence electrons. The minimum atomic E-state index is 0.0742. The molecule has 5 nitrogen and oxygen atoms in total. The van der Waals surface area contributed by atoms with Crippen LogP contribution in [0.25, 0.3) is 11.1 Å². The Bertz CT molecular complexity index is 852. The number of ether oxygens (including phenoxy) is 1. The summed E-state index contributed by atoms with van der Waals surface area (Å²) in [4.78, 5) is 4.46. The first-order valence-electron chi connectivity index (χ1n) is 8.08. The lowest BCUT2D eigenvalue weighted by Gasteiger charge is -2.26. The monoisotopic (exact) mass is 322 g/mol. The highest BCUT2D eigenvalue weighted by molar-refractivity contribution is 5.84. The number of pyridine rings is 1. The zero-order chi connectivity index (χ0) is 17.4. The van der Waals surface area contributed by atoms with Crippen molar-refractivity contribution >= 4 is 5.82 Å². The molecule has 2 aromatic rings. The molecule has 1 atom stereocenters. The predicted octanol–water partition coefficient (Wildman–Crippen LogP) is 2.64. The minimum Gasteiger partial charge on any atom is -0.496 e. The van der Waals surface area contributed by atoms with Gasteiger partial charge in [0.2, 0.25) is 0 Å². The number of aromatic nitrogens is 1. The Morgan fingerprint density at radius 1 is 1.33 bits per heavy atom. The first-order valence-corrected chi connectivity index (χ1v) is 8.08. The van der Waals surface area contributed by atoms with Crippen LogP contribution in [0.2, 0.25) is 0 Å². The molecular formula is C19H22N4O. The molecule has 0 spiro atoms. The molecule has 1 heterocycles. The van der Waals surface area contributed by atoms with Gasteiger partial charge in [-0.2, -0.15) is 5.26 Å². The van der Waals surface area contributed by atoms with E-state index in [0.29, 0.717) is 12.0 Å². The van der Waals surface area contributed by atoms with Crippen LogP contribution < -0.4 is 16.2 Å². The third-order valence-electron chi connectivity index (χ3n) is 4.63. The number of hydrogen-bond acceptors (Lipinski definition) is 5.